The van der Waals surface area contributed by atoms with Crippen LogP contribution in [0.25, 0.3) is 10.9 Å². The first kappa shape index (κ1) is 35.1. The van der Waals surface area contributed by atoms with Crippen molar-refractivity contribution in [1.29, 1.82) is 0 Å². The standard InChI is InChI=1S/C41H55N3O5/c1-7-12-28-22-34(38-30-21-27(2)15-16-31(30)40(3,4)49-35(38)23-28)48-39(46)43-26-41(18-9-8-10-19-41)24-36(45)47-33-14-11-13-32-37(33)29(25-42-32)17-20-44(5)6/h11,13-14,21-23,25,30-31,42H,7-10,12,15-20,24,26H2,1-6H3,(H,43,46). The molecule has 1 aliphatic heterocycles. The Morgan fingerprint density at radius 1 is 1.06 bits per heavy atom. The maximum absolute atomic E-state index is 13.6. The molecule has 0 bridgehead atoms. The van der Waals surface area contributed by atoms with Crippen LogP contribution >= 0.6 is 0 Å². The average Bonchev–Trinajstić information content (AvgIpc) is 3.47. The van der Waals surface area contributed by atoms with Crippen LogP contribution in [0.1, 0.15) is 108 Å². The maximum Gasteiger partial charge on any atom is 0.412 e. The van der Waals surface area contributed by atoms with Gasteiger partial charge in [0.2, 0.25) is 0 Å². The maximum atomic E-state index is 13.6. The van der Waals surface area contributed by atoms with E-state index in [9.17, 15) is 9.59 Å². The second-order valence-corrected chi connectivity index (χ2v) is 15.6. The zero-order valence-corrected chi connectivity index (χ0v) is 30.4. The smallest absolute Gasteiger partial charge is 0.412 e. The summed E-state index contributed by atoms with van der Waals surface area (Å²) >= 11 is 0. The van der Waals surface area contributed by atoms with Gasteiger partial charge in [0.1, 0.15) is 22.8 Å². The van der Waals surface area contributed by atoms with E-state index in [2.05, 4.69) is 69.1 Å². The number of hydrogen-bond donors (Lipinski definition) is 2. The van der Waals surface area contributed by atoms with Crippen LogP contribution in [-0.4, -0.2) is 54.7 Å². The van der Waals surface area contributed by atoms with Gasteiger partial charge in [-0.05, 0) is 114 Å². The number of aromatic amines is 1. The molecule has 49 heavy (non-hydrogen) atoms. The summed E-state index contributed by atoms with van der Waals surface area (Å²) in [4.78, 5) is 32.7. The Balaban J connectivity index is 1.19. The largest absolute Gasteiger partial charge is 0.487 e. The molecule has 8 heteroatoms. The number of likely N-dealkylation sites (N-methyl/N-ethyl adjacent to an activating group) is 1. The van der Waals surface area contributed by atoms with Crippen LogP contribution in [0, 0.1) is 11.3 Å². The van der Waals surface area contributed by atoms with Crippen LogP contribution in [-0.2, 0) is 17.6 Å². The third-order valence-electron chi connectivity index (χ3n) is 11.1. The molecule has 1 fully saturated rings. The molecule has 2 heterocycles. The Labute approximate surface area is 291 Å². The molecule has 0 radical (unpaired) electrons. The zero-order chi connectivity index (χ0) is 34.8. The number of aromatic nitrogens is 1. The van der Waals surface area contributed by atoms with Crippen molar-refractivity contribution in [1.82, 2.24) is 15.2 Å². The van der Waals surface area contributed by atoms with Gasteiger partial charge in [-0.25, -0.2) is 4.79 Å². The van der Waals surface area contributed by atoms with Crippen molar-refractivity contribution in [2.45, 2.75) is 110 Å². The van der Waals surface area contributed by atoms with Crippen molar-refractivity contribution in [3.63, 3.8) is 0 Å². The van der Waals surface area contributed by atoms with Crippen LogP contribution in [0.3, 0.4) is 0 Å². The lowest BCUT2D eigenvalue weighted by molar-refractivity contribution is -0.137. The molecule has 1 amide bonds. The van der Waals surface area contributed by atoms with E-state index in [1.54, 1.807) is 0 Å². The van der Waals surface area contributed by atoms with Gasteiger partial charge in [-0.15, -0.1) is 0 Å². The highest BCUT2D eigenvalue weighted by Gasteiger charge is 2.46. The first-order chi connectivity index (χ1) is 23.5. The second-order valence-electron chi connectivity index (χ2n) is 15.6. The number of nitrogens with zero attached hydrogens (tertiary/aromatic N) is 1. The van der Waals surface area contributed by atoms with Gasteiger partial charge in [-0.1, -0.05) is 50.3 Å². The summed E-state index contributed by atoms with van der Waals surface area (Å²) in [7, 11) is 4.11. The molecule has 1 aromatic heterocycles. The van der Waals surface area contributed by atoms with Gasteiger partial charge in [-0.3, -0.25) is 4.79 Å². The predicted molar refractivity (Wildman–Crippen MR) is 195 cm³/mol. The SMILES string of the molecule is CCCc1cc(OC(=O)NCC2(CC(=O)Oc3cccc4[nH]cc(CCN(C)C)c34)CCCCC2)c2c(c1)OC(C)(C)C1CCC(C)=CC21. The number of amides is 1. The van der Waals surface area contributed by atoms with E-state index in [-0.39, 0.29) is 29.3 Å². The van der Waals surface area contributed by atoms with Crippen LogP contribution in [0.5, 0.6) is 17.2 Å². The molecule has 6 rings (SSSR count). The molecular weight excluding hydrogens is 614 g/mol. The lowest BCUT2D eigenvalue weighted by atomic mass is 9.68. The van der Waals surface area contributed by atoms with Crippen molar-refractivity contribution in [3.05, 3.63) is 64.9 Å². The van der Waals surface area contributed by atoms with Crippen LogP contribution in [0.15, 0.2) is 48.2 Å². The number of fused-ring (bicyclic) bond motifs is 4. The number of benzene rings is 2. The lowest BCUT2D eigenvalue weighted by Crippen LogP contribution is -2.45. The molecule has 1 saturated carbocycles. The summed E-state index contributed by atoms with van der Waals surface area (Å²) in [6.45, 7) is 9.95. The average molecular weight is 670 g/mol. The molecule has 0 saturated heterocycles. The molecule has 2 N–H and O–H groups in total. The molecule has 2 aliphatic carbocycles. The Hall–Kier alpha value is -3.78. The first-order valence-electron chi connectivity index (χ1n) is 18.4. The molecule has 2 unspecified atom stereocenters. The first-order valence-corrected chi connectivity index (χ1v) is 18.4. The number of carbonyl (C=O) groups excluding carboxylic acids is 2. The van der Waals surface area contributed by atoms with Crippen LogP contribution in [0.4, 0.5) is 4.79 Å². The lowest BCUT2D eigenvalue weighted by Gasteiger charge is -2.46. The number of aryl methyl sites for hydroxylation is 1. The van der Waals surface area contributed by atoms with E-state index in [1.165, 1.54) is 5.57 Å². The van der Waals surface area contributed by atoms with Crippen molar-refractivity contribution in [3.8, 4) is 17.2 Å². The number of nitrogens with one attached hydrogen (secondary N) is 2. The topological polar surface area (TPSA) is 92.9 Å². The van der Waals surface area contributed by atoms with Crippen molar-refractivity contribution in [2.24, 2.45) is 11.3 Å². The Morgan fingerprint density at radius 3 is 2.61 bits per heavy atom. The van der Waals surface area contributed by atoms with Crippen LogP contribution in [0.2, 0.25) is 0 Å². The molecule has 8 nitrogen and oxygen atoms in total. The third kappa shape index (κ3) is 7.85. The molecular formula is C41H55N3O5. The van der Waals surface area contributed by atoms with E-state index in [0.29, 0.717) is 24.0 Å². The fourth-order valence-electron chi connectivity index (χ4n) is 8.50. The number of H-pyrrole nitrogens is 1. The highest BCUT2D eigenvalue weighted by Crippen LogP contribution is 2.54. The Kier molecular flexibility index (Phi) is 10.4. The van der Waals surface area contributed by atoms with Gasteiger partial charge < -0.3 is 29.4 Å². The zero-order valence-electron chi connectivity index (χ0n) is 30.4. The number of carbonyl (C=O) groups is 2. The van der Waals surface area contributed by atoms with Crippen LogP contribution < -0.4 is 19.5 Å². The molecule has 0 spiro atoms. The molecule has 3 aromatic rings. The number of rotatable bonds is 11. The molecule has 264 valence electrons. The minimum atomic E-state index is -0.491. The molecule has 2 aromatic carbocycles. The minimum absolute atomic E-state index is 0.123. The van der Waals surface area contributed by atoms with Gasteiger partial charge in [0, 0.05) is 47.6 Å². The summed E-state index contributed by atoms with van der Waals surface area (Å²) in [6, 6.07) is 9.97. The quantitative estimate of drug-likeness (QED) is 0.120. The monoisotopic (exact) mass is 669 g/mol. The fraction of sp³-hybridized carbons (Fsp3) is 0.561. The van der Waals surface area contributed by atoms with Gasteiger partial charge in [0.15, 0.2) is 0 Å². The van der Waals surface area contributed by atoms with Crippen molar-refractivity contribution >= 4 is 23.0 Å². The normalized spacial score (nSPS) is 20.9. The Bertz CT molecular complexity index is 1700. The second kappa shape index (κ2) is 14.6. The number of esters is 1. The van der Waals surface area contributed by atoms with Gasteiger partial charge in [0.25, 0.3) is 0 Å². The van der Waals surface area contributed by atoms with Gasteiger partial charge in [-0.2, -0.15) is 0 Å². The molecule has 3 aliphatic rings. The highest BCUT2D eigenvalue weighted by molar-refractivity contribution is 5.91. The summed E-state index contributed by atoms with van der Waals surface area (Å²) in [5, 5.41) is 4.05. The fourth-order valence-corrected chi connectivity index (χ4v) is 8.50. The molecule has 2 atom stereocenters. The van der Waals surface area contributed by atoms with E-state index < -0.39 is 6.09 Å². The van der Waals surface area contributed by atoms with E-state index in [1.807, 2.05) is 30.5 Å². The number of ether oxygens (including phenoxy) is 3. The predicted octanol–water partition coefficient (Wildman–Crippen LogP) is 8.87. The number of allylic oxidation sites excluding steroid dienone is 2. The summed E-state index contributed by atoms with van der Waals surface area (Å²) in [6.07, 6.45) is 13.8. The van der Waals surface area contributed by atoms with Crippen molar-refractivity contribution < 1.29 is 23.8 Å². The summed E-state index contributed by atoms with van der Waals surface area (Å²) in [5.41, 5.74) is 4.82. The van der Waals surface area contributed by atoms with Gasteiger partial charge in [0.05, 0.1) is 6.42 Å². The number of hydrogen-bond acceptors (Lipinski definition) is 6. The highest BCUT2D eigenvalue weighted by atomic mass is 16.6. The van der Waals surface area contributed by atoms with E-state index in [0.717, 1.165) is 104 Å². The Morgan fingerprint density at radius 2 is 1.86 bits per heavy atom. The van der Waals surface area contributed by atoms with Gasteiger partial charge >= 0.3 is 12.1 Å². The van der Waals surface area contributed by atoms with E-state index >= 15 is 0 Å². The summed E-state index contributed by atoms with van der Waals surface area (Å²) in [5.74, 6) is 2.14. The third-order valence-corrected chi connectivity index (χ3v) is 11.1. The summed E-state index contributed by atoms with van der Waals surface area (Å²) < 4.78 is 19.0. The van der Waals surface area contributed by atoms with E-state index in [4.69, 9.17) is 14.2 Å². The minimum Gasteiger partial charge on any atom is -0.487 e. The van der Waals surface area contributed by atoms with Crippen molar-refractivity contribution in [2.75, 3.05) is 27.2 Å².